The van der Waals surface area contributed by atoms with E-state index in [4.69, 9.17) is 0 Å². The minimum absolute atomic E-state index is 0.0659. The predicted octanol–water partition coefficient (Wildman–Crippen LogP) is 1.87. The Hall–Kier alpha value is -2.14. The Bertz CT molecular complexity index is 587. The molecule has 0 bridgehead atoms. The second-order valence-corrected chi connectivity index (χ2v) is 5.44. The molecule has 2 heterocycles. The van der Waals surface area contributed by atoms with Gasteiger partial charge in [0, 0.05) is 12.7 Å². The van der Waals surface area contributed by atoms with Crippen molar-refractivity contribution in [3.63, 3.8) is 0 Å². The highest BCUT2D eigenvalue weighted by molar-refractivity contribution is 5.92. The van der Waals surface area contributed by atoms with E-state index >= 15 is 0 Å². The summed E-state index contributed by atoms with van der Waals surface area (Å²) in [6, 6.07) is 10.1. The molecule has 3 rings (SSSR count). The molecule has 1 fully saturated rings. The zero-order valence-electron chi connectivity index (χ0n) is 12.0. The Morgan fingerprint density at radius 2 is 2.24 bits per heavy atom. The molecule has 1 saturated heterocycles. The second-order valence-electron chi connectivity index (χ2n) is 5.44. The first-order valence-corrected chi connectivity index (χ1v) is 7.39. The summed E-state index contributed by atoms with van der Waals surface area (Å²) in [6.07, 6.45) is 5.60. The monoisotopic (exact) mass is 284 g/mol. The van der Waals surface area contributed by atoms with Crippen LogP contribution in [0.5, 0.6) is 0 Å². The van der Waals surface area contributed by atoms with Crippen molar-refractivity contribution in [1.29, 1.82) is 0 Å². The first kappa shape index (κ1) is 13.8. The zero-order chi connectivity index (χ0) is 14.5. The molecule has 1 atom stereocenters. The summed E-state index contributed by atoms with van der Waals surface area (Å²) in [6.45, 7) is 2.49. The lowest BCUT2D eigenvalue weighted by Gasteiger charge is -2.21. The van der Waals surface area contributed by atoms with Crippen LogP contribution in [-0.2, 0) is 11.3 Å². The van der Waals surface area contributed by atoms with Gasteiger partial charge in [0.2, 0.25) is 5.91 Å². The van der Waals surface area contributed by atoms with E-state index in [1.807, 2.05) is 29.1 Å². The number of aromatic nitrogens is 2. The van der Waals surface area contributed by atoms with Gasteiger partial charge in [0.15, 0.2) is 0 Å². The van der Waals surface area contributed by atoms with E-state index in [1.165, 1.54) is 5.56 Å². The maximum Gasteiger partial charge on any atom is 0.228 e. The number of benzene rings is 1. The average molecular weight is 284 g/mol. The molecule has 5 nitrogen and oxygen atoms in total. The van der Waals surface area contributed by atoms with Crippen LogP contribution in [0.15, 0.2) is 42.7 Å². The first-order chi connectivity index (χ1) is 10.3. The fourth-order valence-corrected chi connectivity index (χ4v) is 2.61. The Morgan fingerprint density at radius 3 is 3.00 bits per heavy atom. The number of piperidine rings is 1. The van der Waals surface area contributed by atoms with E-state index in [0.29, 0.717) is 6.54 Å². The smallest absolute Gasteiger partial charge is 0.228 e. The molecule has 0 radical (unpaired) electrons. The van der Waals surface area contributed by atoms with Crippen LogP contribution in [-0.4, -0.2) is 28.8 Å². The van der Waals surface area contributed by atoms with Crippen LogP contribution in [0.2, 0.25) is 0 Å². The van der Waals surface area contributed by atoms with Crippen molar-refractivity contribution in [2.24, 2.45) is 5.92 Å². The van der Waals surface area contributed by atoms with Crippen molar-refractivity contribution in [3.8, 4) is 0 Å². The molecule has 1 amide bonds. The maximum absolute atomic E-state index is 12.1. The number of hydrogen-bond donors (Lipinski definition) is 2. The first-order valence-electron chi connectivity index (χ1n) is 7.39. The van der Waals surface area contributed by atoms with Crippen LogP contribution in [0.1, 0.15) is 18.4 Å². The van der Waals surface area contributed by atoms with Crippen LogP contribution < -0.4 is 10.6 Å². The number of hydrogen-bond acceptors (Lipinski definition) is 3. The summed E-state index contributed by atoms with van der Waals surface area (Å²) >= 11 is 0. The molecule has 1 aliphatic heterocycles. The second kappa shape index (κ2) is 6.54. The molecule has 5 heteroatoms. The lowest BCUT2D eigenvalue weighted by molar-refractivity contribution is -0.120. The highest BCUT2D eigenvalue weighted by Crippen LogP contribution is 2.14. The third kappa shape index (κ3) is 3.70. The molecule has 1 aromatic heterocycles. The predicted molar refractivity (Wildman–Crippen MR) is 82.0 cm³/mol. The largest absolute Gasteiger partial charge is 0.323 e. The lowest BCUT2D eigenvalue weighted by atomic mass is 9.99. The van der Waals surface area contributed by atoms with Gasteiger partial charge in [-0.2, -0.15) is 5.10 Å². The number of nitrogens with zero attached hydrogens (tertiary/aromatic N) is 2. The van der Waals surface area contributed by atoms with Gasteiger partial charge in [-0.25, -0.2) is 0 Å². The van der Waals surface area contributed by atoms with Gasteiger partial charge in [-0.15, -0.1) is 0 Å². The molecule has 0 aliphatic carbocycles. The van der Waals surface area contributed by atoms with Crippen molar-refractivity contribution in [1.82, 2.24) is 15.1 Å². The quantitative estimate of drug-likeness (QED) is 0.901. The summed E-state index contributed by atoms with van der Waals surface area (Å²) < 4.78 is 1.84. The van der Waals surface area contributed by atoms with Gasteiger partial charge < -0.3 is 10.6 Å². The Kier molecular flexibility index (Phi) is 4.31. The number of rotatable bonds is 4. The van der Waals surface area contributed by atoms with E-state index < -0.39 is 0 Å². The van der Waals surface area contributed by atoms with Crippen molar-refractivity contribution < 1.29 is 4.79 Å². The van der Waals surface area contributed by atoms with Gasteiger partial charge in [0.1, 0.15) is 0 Å². The highest BCUT2D eigenvalue weighted by Gasteiger charge is 2.21. The number of anilines is 1. The SMILES string of the molecule is O=C(Nc1cnn(Cc2ccccc2)c1)C1CCCNC1. The maximum atomic E-state index is 12.1. The van der Waals surface area contributed by atoms with E-state index in [-0.39, 0.29) is 11.8 Å². The van der Waals surface area contributed by atoms with E-state index in [2.05, 4.69) is 27.9 Å². The van der Waals surface area contributed by atoms with Crippen LogP contribution in [0.4, 0.5) is 5.69 Å². The molecule has 21 heavy (non-hydrogen) atoms. The molecular weight excluding hydrogens is 264 g/mol. The number of carbonyl (C=O) groups is 1. The van der Waals surface area contributed by atoms with E-state index in [0.717, 1.165) is 31.6 Å². The summed E-state index contributed by atoms with van der Waals surface area (Å²) in [5.41, 5.74) is 1.96. The molecule has 0 spiro atoms. The molecule has 1 unspecified atom stereocenters. The van der Waals surface area contributed by atoms with E-state index in [9.17, 15) is 4.79 Å². The zero-order valence-corrected chi connectivity index (χ0v) is 12.0. The van der Waals surface area contributed by atoms with Crippen LogP contribution in [0.3, 0.4) is 0 Å². The molecule has 1 aliphatic rings. The van der Waals surface area contributed by atoms with Crippen molar-refractivity contribution in [3.05, 3.63) is 48.3 Å². The van der Waals surface area contributed by atoms with Crippen LogP contribution in [0, 0.1) is 5.92 Å². The standard InChI is InChI=1S/C16H20N4O/c21-16(14-7-4-8-17-9-14)19-15-10-18-20(12-15)11-13-5-2-1-3-6-13/h1-3,5-6,10,12,14,17H,4,7-9,11H2,(H,19,21). The highest BCUT2D eigenvalue weighted by atomic mass is 16.1. The minimum atomic E-state index is 0.0659. The number of nitrogens with one attached hydrogen (secondary N) is 2. The fraction of sp³-hybridized carbons (Fsp3) is 0.375. The van der Waals surface area contributed by atoms with Gasteiger partial charge in [-0.3, -0.25) is 9.48 Å². The van der Waals surface area contributed by atoms with Gasteiger partial charge in [-0.05, 0) is 24.9 Å². The third-order valence-electron chi connectivity index (χ3n) is 3.76. The summed E-state index contributed by atoms with van der Waals surface area (Å²) in [5.74, 6) is 0.151. The summed E-state index contributed by atoms with van der Waals surface area (Å²) in [4.78, 5) is 12.1. The van der Waals surface area contributed by atoms with Gasteiger partial charge in [0.25, 0.3) is 0 Å². The fourth-order valence-electron chi connectivity index (χ4n) is 2.61. The molecule has 0 saturated carbocycles. The average Bonchev–Trinajstić information content (AvgIpc) is 2.96. The molecule has 2 aromatic rings. The Balaban J connectivity index is 1.58. The molecule has 110 valence electrons. The van der Waals surface area contributed by atoms with Gasteiger partial charge >= 0.3 is 0 Å². The number of carbonyl (C=O) groups excluding carboxylic acids is 1. The third-order valence-corrected chi connectivity index (χ3v) is 3.76. The van der Waals surface area contributed by atoms with Crippen LogP contribution in [0.25, 0.3) is 0 Å². The van der Waals surface area contributed by atoms with Crippen molar-refractivity contribution in [2.75, 3.05) is 18.4 Å². The van der Waals surface area contributed by atoms with Gasteiger partial charge in [-0.1, -0.05) is 30.3 Å². The summed E-state index contributed by atoms with van der Waals surface area (Å²) in [5, 5.41) is 10.5. The van der Waals surface area contributed by atoms with E-state index in [1.54, 1.807) is 6.20 Å². The number of amides is 1. The van der Waals surface area contributed by atoms with Crippen molar-refractivity contribution in [2.45, 2.75) is 19.4 Å². The Morgan fingerprint density at radius 1 is 1.38 bits per heavy atom. The molecule has 2 N–H and O–H groups in total. The Labute approximate surface area is 124 Å². The van der Waals surface area contributed by atoms with Crippen LogP contribution >= 0.6 is 0 Å². The normalized spacial score (nSPS) is 18.4. The topological polar surface area (TPSA) is 59.0 Å². The summed E-state index contributed by atoms with van der Waals surface area (Å²) in [7, 11) is 0. The minimum Gasteiger partial charge on any atom is -0.323 e. The lowest BCUT2D eigenvalue weighted by Crippen LogP contribution is -2.37. The molecule has 1 aromatic carbocycles. The van der Waals surface area contributed by atoms with Gasteiger partial charge in [0.05, 0.1) is 24.3 Å². The molecular formula is C16H20N4O. The van der Waals surface area contributed by atoms with Crippen molar-refractivity contribution >= 4 is 11.6 Å².